The number of carbonyl (C=O) groups excluding carboxylic acids is 1. The number of amides is 1. The first-order valence-electron chi connectivity index (χ1n) is 12.1. The van der Waals surface area contributed by atoms with Crippen LogP contribution in [0.3, 0.4) is 0 Å². The largest absolute Gasteiger partial charge is 0.490 e. The number of nitrogens with two attached hydrogens (primary N) is 1. The molecule has 0 spiro atoms. The number of nitrogen functional groups attached to an aromatic ring is 1. The van der Waals surface area contributed by atoms with Gasteiger partial charge < -0.3 is 15.8 Å². The highest BCUT2D eigenvalue weighted by Crippen LogP contribution is 2.43. The lowest BCUT2D eigenvalue weighted by molar-refractivity contribution is 0.0929. The summed E-state index contributed by atoms with van der Waals surface area (Å²) in [6, 6.07) is 10.3. The van der Waals surface area contributed by atoms with Gasteiger partial charge in [-0.1, -0.05) is 47.9 Å². The van der Waals surface area contributed by atoms with E-state index in [2.05, 4.69) is 16.2 Å². The number of fused-ring (bicyclic) bond motifs is 1. The number of aromatic nitrogens is 3. The first-order chi connectivity index (χ1) is 18.0. The van der Waals surface area contributed by atoms with Gasteiger partial charge in [0.15, 0.2) is 5.82 Å². The summed E-state index contributed by atoms with van der Waals surface area (Å²) < 4.78 is 23.5. The van der Waals surface area contributed by atoms with Gasteiger partial charge in [0, 0.05) is 18.0 Å². The Morgan fingerprint density at radius 2 is 1.97 bits per heavy atom. The van der Waals surface area contributed by atoms with Gasteiger partial charge >= 0.3 is 0 Å². The van der Waals surface area contributed by atoms with Crippen molar-refractivity contribution in [1.29, 1.82) is 0 Å². The van der Waals surface area contributed by atoms with Crippen LogP contribution in [0.4, 0.5) is 10.2 Å². The third-order valence-corrected chi connectivity index (χ3v) is 6.71. The second-order valence-corrected chi connectivity index (χ2v) is 9.92. The van der Waals surface area contributed by atoms with E-state index in [4.69, 9.17) is 33.5 Å². The molecule has 0 radical (unpaired) electrons. The lowest BCUT2D eigenvalue weighted by atomic mass is 9.80. The Bertz CT molecular complexity index is 1560. The number of hydrogen-bond donors (Lipinski definition) is 2. The van der Waals surface area contributed by atoms with E-state index in [1.165, 1.54) is 12.3 Å². The normalized spacial score (nSPS) is 13.7. The summed E-state index contributed by atoms with van der Waals surface area (Å²) in [5, 5.41) is 2.59. The predicted octanol–water partition coefficient (Wildman–Crippen LogP) is 5.63. The van der Waals surface area contributed by atoms with E-state index in [1.54, 1.807) is 38.3 Å². The Morgan fingerprint density at radius 3 is 2.61 bits per heavy atom. The zero-order valence-electron chi connectivity index (χ0n) is 21.8. The minimum atomic E-state index is -1.30. The first kappa shape index (κ1) is 27.0. The minimum absolute atomic E-state index is 0.00320. The molecule has 0 fully saturated rings. The summed E-state index contributed by atoms with van der Waals surface area (Å²) >= 11 is 6.39. The fourth-order valence-corrected chi connectivity index (χ4v) is 4.70. The Balaban J connectivity index is 1.95. The lowest BCUT2D eigenvalue weighted by Gasteiger charge is -2.29. The van der Waals surface area contributed by atoms with Crippen molar-refractivity contribution < 1.29 is 13.9 Å². The number of carbonyl (C=O) groups is 1. The second kappa shape index (κ2) is 10.3. The van der Waals surface area contributed by atoms with Crippen molar-refractivity contribution in [3.63, 3.8) is 0 Å². The standard InChI is InChI=1S/C29H29ClFN5O2/c1-7-29(6,28-35-18(5)24-26(32)33-13-14-36(24)28)20-15-21(30)23(31)22(25(20)38-16(2)3)27(37)34-17(4)19-11-9-8-10-12-19/h1,8-17H,2-6H3,(H2,32,33)(H,34,37)/t17-,29?/m1/s1. The van der Waals surface area contributed by atoms with Crippen molar-refractivity contribution in [2.45, 2.75) is 52.2 Å². The number of benzene rings is 2. The highest BCUT2D eigenvalue weighted by molar-refractivity contribution is 6.31. The average Bonchev–Trinajstić information content (AvgIpc) is 3.24. The van der Waals surface area contributed by atoms with Crippen molar-refractivity contribution in [3.8, 4) is 18.1 Å². The molecular formula is C29H29ClFN5O2. The van der Waals surface area contributed by atoms with Crippen LogP contribution in [0.15, 0.2) is 48.8 Å². The summed E-state index contributed by atoms with van der Waals surface area (Å²) in [5.41, 5.74) is 6.87. The molecule has 7 nitrogen and oxygen atoms in total. The number of hydrogen-bond acceptors (Lipinski definition) is 5. The molecule has 9 heteroatoms. The van der Waals surface area contributed by atoms with E-state index in [-0.39, 0.29) is 22.2 Å². The summed E-state index contributed by atoms with van der Waals surface area (Å²) in [6.07, 6.45) is 8.96. The lowest BCUT2D eigenvalue weighted by Crippen LogP contribution is -2.31. The number of rotatable bonds is 7. The molecule has 1 unspecified atom stereocenters. The summed E-state index contributed by atoms with van der Waals surface area (Å²) in [4.78, 5) is 22.4. The average molecular weight is 534 g/mol. The molecule has 38 heavy (non-hydrogen) atoms. The van der Waals surface area contributed by atoms with E-state index < -0.39 is 29.3 Å². The molecule has 4 rings (SSSR count). The third kappa shape index (κ3) is 4.66. The number of terminal acetylenes is 1. The topological polar surface area (TPSA) is 94.5 Å². The fraction of sp³-hybridized carbons (Fsp3) is 0.276. The Labute approximate surface area is 226 Å². The molecule has 4 aromatic rings. The summed E-state index contributed by atoms with van der Waals surface area (Å²) in [6.45, 7) is 8.89. The Morgan fingerprint density at radius 1 is 1.29 bits per heavy atom. The second-order valence-electron chi connectivity index (χ2n) is 9.52. The monoisotopic (exact) mass is 533 g/mol. The van der Waals surface area contributed by atoms with E-state index in [0.717, 1.165) is 5.56 Å². The van der Waals surface area contributed by atoms with E-state index in [9.17, 15) is 4.79 Å². The molecule has 2 heterocycles. The quantitative estimate of drug-likeness (QED) is 0.300. The number of halogens is 2. The molecule has 0 aliphatic rings. The van der Waals surface area contributed by atoms with Gasteiger partial charge in [-0.2, -0.15) is 0 Å². The maximum atomic E-state index is 15.6. The number of nitrogens with one attached hydrogen (secondary N) is 1. The van der Waals surface area contributed by atoms with E-state index in [0.29, 0.717) is 22.6 Å². The molecule has 1 amide bonds. The van der Waals surface area contributed by atoms with Gasteiger partial charge in [-0.3, -0.25) is 9.20 Å². The molecule has 2 aromatic carbocycles. The van der Waals surface area contributed by atoms with Crippen LogP contribution >= 0.6 is 11.6 Å². The molecule has 2 aromatic heterocycles. The maximum Gasteiger partial charge on any atom is 0.258 e. The zero-order chi connectivity index (χ0) is 27.8. The van der Waals surface area contributed by atoms with Crippen LogP contribution in [-0.4, -0.2) is 26.4 Å². The molecule has 0 aliphatic carbocycles. The molecular weight excluding hydrogens is 505 g/mol. The highest BCUT2D eigenvalue weighted by Gasteiger charge is 2.39. The van der Waals surface area contributed by atoms with Crippen molar-refractivity contribution >= 4 is 28.8 Å². The first-order valence-corrected chi connectivity index (χ1v) is 12.5. The maximum absolute atomic E-state index is 15.6. The van der Waals surface area contributed by atoms with Crippen molar-refractivity contribution in [2.24, 2.45) is 0 Å². The molecule has 0 aliphatic heterocycles. The van der Waals surface area contributed by atoms with Gasteiger partial charge in [0.05, 0.1) is 22.9 Å². The van der Waals surface area contributed by atoms with Crippen molar-refractivity contribution in [3.05, 3.63) is 87.8 Å². The molecule has 3 N–H and O–H groups in total. The van der Waals surface area contributed by atoms with Gasteiger partial charge in [0.1, 0.15) is 33.9 Å². The van der Waals surface area contributed by atoms with Crippen molar-refractivity contribution in [1.82, 2.24) is 19.7 Å². The summed E-state index contributed by atoms with van der Waals surface area (Å²) in [5.74, 6) is 1.91. The van der Waals surface area contributed by atoms with Crippen LogP contribution < -0.4 is 15.8 Å². The Kier molecular flexibility index (Phi) is 7.34. The zero-order valence-corrected chi connectivity index (χ0v) is 22.6. The number of aryl methyl sites for hydroxylation is 1. The third-order valence-electron chi connectivity index (χ3n) is 6.43. The number of ether oxygens (including phenoxy) is 1. The van der Waals surface area contributed by atoms with Crippen LogP contribution in [0, 0.1) is 25.1 Å². The number of nitrogens with zero attached hydrogens (tertiary/aromatic N) is 3. The van der Waals surface area contributed by atoms with Gasteiger partial charge in [0.2, 0.25) is 0 Å². The molecule has 0 bridgehead atoms. The van der Waals surface area contributed by atoms with Crippen LogP contribution in [0.5, 0.6) is 5.75 Å². The molecule has 196 valence electrons. The van der Waals surface area contributed by atoms with Gasteiger partial charge in [0.25, 0.3) is 5.91 Å². The van der Waals surface area contributed by atoms with E-state index >= 15 is 4.39 Å². The molecule has 0 saturated carbocycles. The number of imidazole rings is 1. The molecule has 0 saturated heterocycles. The predicted molar refractivity (Wildman–Crippen MR) is 147 cm³/mol. The van der Waals surface area contributed by atoms with Gasteiger partial charge in [-0.25, -0.2) is 14.4 Å². The van der Waals surface area contributed by atoms with Gasteiger partial charge in [-0.15, -0.1) is 6.42 Å². The SMILES string of the molecule is C#CC(C)(c1cc(Cl)c(F)c(C(=O)N[C@H](C)c2ccccc2)c1OC(C)C)c1nc(C)c2c(N)nccn12. The van der Waals surface area contributed by atoms with Crippen LogP contribution in [0.2, 0.25) is 5.02 Å². The smallest absolute Gasteiger partial charge is 0.258 e. The molecule has 2 atom stereocenters. The van der Waals surface area contributed by atoms with Gasteiger partial charge in [-0.05, 0) is 46.2 Å². The summed E-state index contributed by atoms with van der Waals surface area (Å²) in [7, 11) is 0. The van der Waals surface area contributed by atoms with Crippen LogP contribution in [0.25, 0.3) is 5.52 Å². The fourth-order valence-electron chi connectivity index (χ4n) is 4.49. The van der Waals surface area contributed by atoms with Crippen LogP contribution in [-0.2, 0) is 5.41 Å². The van der Waals surface area contributed by atoms with Crippen LogP contribution in [0.1, 0.15) is 66.7 Å². The highest BCUT2D eigenvalue weighted by atomic mass is 35.5. The van der Waals surface area contributed by atoms with Crippen molar-refractivity contribution in [2.75, 3.05) is 5.73 Å². The van der Waals surface area contributed by atoms with E-state index in [1.807, 2.05) is 37.3 Å². The Hall–Kier alpha value is -4.09. The number of anilines is 1. The minimum Gasteiger partial charge on any atom is -0.490 e.